The van der Waals surface area contributed by atoms with Crippen LogP contribution in [0.1, 0.15) is 58.1 Å². The molecule has 8 rings (SSSR count). The van der Waals surface area contributed by atoms with Crippen LogP contribution in [0.5, 0.6) is 11.5 Å². The smallest absolute Gasteiger partial charge is 0.249 e. The van der Waals surface area contributed by atoms with Gasteiger partial charge in [-0.05, 0) is 61.4 Å². The fourth-order valence-corrected chi connectivity index (χ4v) is 7.87. The fourth-order valence-electron chi connectivity index (χ4n) is 7.87. The first-order chi connectivity index (χ1) is 16.9. The molecule has 1 spiro atoms. The van der Waals surface area contributed by atoms with Crippen LogP contribution < -0.4 is 10.5 Å². The number of aromatic nitrogens is 1. The topological polar surface area (TPSA) is 109 Å². The maximum atomic E-state index is 12.8. The molecule has 3 heterocycles. The van der Waals surface area contributed by atoms with E-state index >= 15 is 0 Å². The van der Waals surface area contributed by atoms with E-state index in [2.05, 4.69) is 4.90 Å². The Bertz CT molecular complexity index is 1470. The minimum Gasteiger partial charge on any atom is -0.504 e. The summed E-state index contributed by atoms with van der Waals surface area (Å²) in [5, 5.41) is 24.4. The van der Waals surface area contributed by atoms with Crippen molar-refractivity contribution in [1.82, 2.24) is 9.88 Å². The molecule has 3 aliphatic carbocycles. The van der Waals surface area contributed by atoms with Gasteiger partial charge in [-0.3, -0.25) is 9.69 Å². The van der Waals surface area contributed by atoms with E-state index < -0.39 is 23.0 Å². The lowest BCUT2D eigenvalue weighted by Crippen LogP contribution is -2.74. The molecule has 2 bridgehead atoms. The summed E-state index contributed by atoms with van der Waals surface area (Å²) >= 11 is 0. The summed E-state index contributed by atoms with van der Waals surface area (Å²) in [6.07, 6.45) is 3.59. The van der Waals surface area contributed by atoms with Crippen molar-refractivity contribution in [2.24, 2.45) is 11.7 Å². The molecule has 2 aromatic carbocycles. The molecule has 1 amide bonds. The fraction of sp³-hybridized carbons (Fsp3) is 0.429. The zero-order valence-corrected chi connectivity index (χ0v) is 19.3. The maximum absolute atomic E-state index is 12.8. The molecular formula is C28H27N3O4. The molecule has 0 radical (unpaired) electrons. The summed E-state index contributed by atoms with van der Waals surface area (Å²) in [6.45, 7) is 1.85. The van der Waals surface area contributed by atoms with E-state index in [0.29, 0.717) is 58.7 Å². The Morgan fingerprint density at radius 1 is 1.23 bits per heavy atom. The quantitative estimate of drug-likeness (QED) is 0.544. The number of nitrogens with two attached hydrogens (primary N) is 1. The number of carbonyl (C=O) groups is 1. The Morgan fingerprint density at radius 3 is 2.86 bits per heavy atom. The predicted octanol–water partition coefficient (Wildman–Crippen LogP) is 2.74. The molecule has 1 saturated carbocycles. The standard InChI is InChI=1S/C28H27N3O4/c29-26(33)21-16-3-1-2-4-18(16)30-23-17(21)12-28(34)20-11-15-7-8-19(32)24-22(15)27(28,25(23)35-24)9-10-31(20)13-14-5-6-14/h1-4,7-8,14,20,25,32,34H,5-6,9-13H2,(H2,29,33)/t20-,25+,27+,28-/m1/s1. The molecule has 3 aromatic rings. The average Bonchev–Trinajstić information content (AvgIpc) is 3.57. The van der Waals surface area contributed by atoms with Crippen molar-refractivity contribution in [1.29, 1.82) is 0 Å². The molecule has 7 heteroatoms. The molecule has 1 saturated heterocycles. The van der Waals surface area contributed by atoms with Crippen LogP contribution in [0, 0.1) is 5.92 Å². The van der Waals surface area contributed by atoms with Gasteiger partial charge in [0, 0.05) is 30.0 Å². The van der Waals surface area contributed by atoms with Crippen molar-refractivity contribution < 1.29 is 19.7 Å². The summed E-state index contributed by atoms with van der Waals surface area (Å²) in [5.41, 5.74) is 8.61. The normalized spacial score (nSPS) is 32.1. The number of carbonyl (C=O) groups excluding carboxylic acids is 1. The van der Waals surface area contributed by atoms with Gasteiger partial charge in [-0.15, -0.1) is 0 Å². The number of para-hydroxylation sites is 1. The van der Waals surface area contributed by atoms with E-state index in [1.165, 1.54) is 12.8 Å². The van der Waals surface area contributed by atoms with E-state index in [9.17, 15) is 15.0 Å². The monoisotopic (exact) mass is 469 g/mol. The zero-order chi connectivity index (χ0) is 23.7. The molecule has 5 aliphatic rings. The average molecular weight is 470 g/mol. The van der Waals surface area contributed by atoms with Gasteiger partial charge in [0.25, 0.3) is 0 Å². The zero-order valence-electron chi connectivity index (χ0n) is 19.3. The second-order valence-electron chi connectivity index (χ2n) is 11.2. The Kier molecular flexibility index (Phi) is 3.63. The number of phenolic OH excluding ortho intramolecular Hbond substituents is 1. The summed E-state index contributed by atoms with van der Waals surface area (Å²) < 4.78 is 6.57. The minimum atomic E-state index is -1.17. The third-order valence-corrected chi connectivity index (χ3v) is 9.48. The lowest BCUT2D eigenvalue weighted by Gasteiger charge is -2.63. The van der Waals surface area contributed by atoms with E-state index in [-0.39, 0.29) is 11.8 Å². The van der Waals surface area contributed by atoms with Crippen molar-refractivity contribution in [3.8, 4) is 11.5 Å². The predicted molar refractivity (Wildman–Crippen MR) is 128 cm³/mol. The molecule has 4 N–H and O–H groups in total. The number of hydrogen-bond acceptors (Lipinski definition) is 6. The van der Waals surface area contributed by atoms with E-state index in [1.54, 1.807) is 6.07 Å². The first-order valence-corrected chi connectivity index (χ1v) is 12.6. The summed E-state index contributed by atoms with van der Waals surface area (Å²) in [6, 6.07) is 11.1. The largest absolute Gasteiger partial charge is 0.504 e. The molecule has 0 unspecified atom stereocenters. The van der Waals surface area contributed by atoms with Crippen LogP contribution in [-0.2, 0) is 18.3 Å². The lowest BCUT2D eigenvalue weighted by molar-refractivity contribution is -0.173. The van der Waals surface area contributed by atoms with Crippen LogP contribution in [0.2, 0.25) is 0 Å². The number of ether oxygens (including phenoxy) is 1. The first-order valence-electron chi connectivity index (χ1n) is 12.6. The molecule has 35 heavy (non-hydrogen) atoms. The minimum absolute atomic E-state index is 0.0891. The van der Waals surface area contributed by atoms with Gasteiger partial charge in [0.1, 0.15) is 0 Å². The molecule has 7 nitrogen and oxygen atoms in total. The number of likely N-dealkylation sites (tertiary alicyclic amines) is 1. The highest BCUT2D eigenvalue weighted by molar-refractivity contribution is 6.07. The third kappa shape index (κ3) is 2.29. The van der Waals surface area contributed by atoms with Gasteiger partial charge < -0.3 is 20.7 Å². The SMILES string of the molecule is NC(=O)c1c2c(nc3ccccc13)[C@@H]1Oc3c(O)ccc4c3[C@@]13CCN(CC1CC1)[C@H](C4)[C@]3(O)C2. The Morgan fingerprint density at radius 2 is 2.06 bits per heavy atom. The lowest BCUT2D eigenvalue weighted by atomic mass is 9.48. The number of rotatable bonds is 3. The van der Waals surface area contributed by atoms with Gasteiger partial charge >= 0.3 is 0 Å². The Balaban J connectivity index is 1.44. The van der Waals surface area contributed by atoms with Crippen molar-refractivity contribution in [2.45, 2.75) is 55.3 Å². The van der Waals surface area contributed by atoms with E-state index in [0.717, 1.165) is 24.2 Å². The van der Waals surface area contributed by atoms with Crippen LogP contribution in [0.25, 0.3) is 10.9 Å². The number of phenols is 1. The highest BCUT2D eigenvalue weighted by Gasteiger charge is 2.73. The van der Waals surface area contributed by atoms with Crippen LogP contribution in [0.4, 0.5) is 0 Å². The molecule has 178 valence electrons. The highest BCUT2D eigenvalue weighted by atomic mass is 16.5. The summed E-state index contributed by atoms with van der Waals surface area (Å²) in [4.78, 5) is 20.3. The maximum Gasteiger partial charge on any atom is 0.249 e. The summed E-state index contributed by atoms with van der Waals surface area (Å²) in [7, 11) is 0. The molecular weight excluding hydrogens is 442 g/mol. The van der Waals surface area contributed by atoms with Gasteiger partial charge in [0.15, 0.2) is 17.6 Å². The number of nitrogens with zero attached hydrogens (tertiary/aromatic N) is 2. The number of hydrogen-bond donors (Lipinski definition) is 3. The second-order valence-corrected chi connectivity index (χ2v) is 11.2. The first kappa shape index (κ1) is 20.1. The number of amides is 1. The molecule has 1 aromatic heterocycles. The second kappa shape index (κ2) is 6.33. The van der Waals surface area contributed by atoms with Crippen molar-refractivity contribution in [3.05, 3.63) is 64.3 Å². The number of primary amides is 1. The highest BCUT2D eigenvalue weighted by Crippen LogP contribution is 2.68. The van der Waals surface area contributed by atoms with E-state index in [1.807, 2.05) is 30.3 Å². The third-order valence-electron chi connectivity index (χ3n) is 9.48. The molecule has 2 fully saturated rings. The van der Waals surface area contributed by atoms with Crippen molar-refractivity contribution in [3.63, 3.8) is 0 Å². The Labute approximate surface area is 202 Å². The number of fused-ring (bicyclic) bond motifs is 3. The van der Waals surface area contributed by atoms with Gasteiger partial charge in [-0.25, -0.2) is 4.98 Å². The van der Waals surface area contributed by atoms with Crippen LogP contribution in [0.15, 0.2) is 36.4 Å². The molecule has 4 atom stereocenters. The van der Waals surface area contributed by atoms with Crippen molar-refractivity contribution >= 4 is 16.8 Å². The van der Waals surface area contributed by atoms with E-state index in [4.69, 9.17) is 15.5 Å². The van der Waals surface area contributed by atoms with Gasteiger partial charge in [-0.1, -0.05) is 24.3 Å². The number of aliphatic hydroxyl groups is 1. The van der Waals surface area contributed by atoms with Crippen LogP contribution in [-0.4, -0.2) is 50.7 Å². The number of benzene rings is 2. The number of aromatic hydroxyl groups is 1. The number of pyridine rings is 1. The van der Waals surface area contributed by atoms with Crippen molar-refractivity contribution in [2.75, 3.05) is 13.1 Å². The van der Waals surface area contributed by atoms with Crippen LogP contribution in [0.3, 0.4) is 0 Å². The van der Waals surface area contributed by atoms with Crippen LogP contribution >= 0.6 is 0 Å². The number of piperidine rings is 1. The summed E-state index contributed by atoms with van der Waals surface area (Å²) in [5.74, 6) is 0.728. The van der Waals surface area contributed by atoms with Gasteiger partial charge in [0.05, 0.1) is 27.8 Å². The van der Waals surface area contributed by atoms with Gasteiger partial charge in [0.2, 0.25) is 5.91 Å². The molecule has 2 aliphatic heterocycles. The van der Waals surface area contributed by atoms with Gasteiger partial charge in [-0.2, -0.15) is 0 Å². The Hall–Kier alpha value is -3.16.